The van der Waals surface area contributed by atoms with Gasteiger partial charge in [-0.1, -0.05) is 77.1 Å². The maximum Gasteiger partial charge on any atom is 0.254 e. The van der Waals surface area contributed by atoms with Crippen LogP contribution in [0.2, 0.25) is 0 Å². The van der Waals surface area contributed by atoms with E-state index in [-0.39, 0.29) is 23.8 Å². The highest BCUT2D eigenvalue weighted by molar-refractivity contribution is 6.10. The van der Waals surface area contributed by atoms with Crippen LogP contribution in [-0.4, -0.2) is 108 Å². The molecule has 3 amide bonds. The number of aliphatic imine (C=N–C) groups is 2. The van der Waals surface area contributed by atoms with Crippen molar-refractivity contribution in [3.63, 3.8) is 0 Å². The number of aldehydes is 1. The number of rotatable bonds is 20. The number of carbonyl (C=O) groups excluding carboxylic acids is 4. The van der Waals surface area contributed by atoms with E-state index in [1.807, 2.05) is 82.3 Å². The fraction of sp³-hybridized carbons (Fsp3) is 0.404. The summed E-state index contributed by atoms with van der Waals surface area (Å²) < 4.78 is 0. The zero-order chi connectivity index (χ0) is 49.2. The van der Waals surface area contributed by atoms with Gasteiger partial charge in [0.1, 0.15) is 18.0 Å². The number of hydrogen-bond acceptors (Lipinski definition) is 8. The predicted octanol–water partition coefficient (Wildman–Crippen LogP) is 10.4. The second kappa shape index (κ2) is 23.1. The van der Waals surface area contributed by atoms with Crippen molar-refractivity contribution < 1.29 is 19.2 Å². The Bertz CT molecular complexity index is 2690. The van der Waals surface area contributed by atoms with Crippen LogP contribution in [0.3, 0.4) is 0 Å². The van der Waals surface area contributed by atoms with Gasteiger partial charge in [-0.25, -0.2) is 4.99 Å². The van der Waals surface area contributed by atoms with Crippen LogP contribution in [0.25, 0.3) is 34.4 Å². The van der Waals surface area contributed by atoms with Crippen molar-refractivity contribution >= 4 is 59.2 Å². The molecule has 0 saturated heterocycles. The summed E-state index contributed by atoms with van der Waals surface area (Å²) in [6.45, 7) is 17.7. The number of carbonyl (C=O) groups is 4. The molecule has 1 atom stereocenters. The highest BCUT2D eigenvalue weighted by Crippen LogP contribution is 2.36. The van der Waals surface area contributed by atoms with Gasteiger partial charge in [0.15, 0.2) is 0 Å². The Balaban J connectivity index is 1.12. The van der Waals surface area contributed by atoms with Crippen LogP contribution in [0.1, 0.15) is 129 Å². The Morgan fingerprint density at radius 2 is 1.32 bits per heavy atom. The first-order valence-electron chi connectivity index (χ1n) is 25.0. The SMILES string of the molecule is CCCN(C)Cc1cc(-c2ccc3c(c2)NC(=NC(C)CN2Cc4cc(-c5ccc6c(c5)N=C(N)CC(C(=O)N(CCC)CCC)=C6)ccc4C2=O)CC(C(=O)N(CCC)CCC)=C3)ccc1C=O. The average molecular weight is 931 g/mol. The number of benzene rings is 4. The summed E-state index contributed by atoms with van der Waals surface area (Å²) in [6, 6.07) is 23.9. The Labute approximate surface area is 409 Å². The minimum absolute atomic E-state index is 0.00454. The Hall–Kier alpha value is -6.66. The highest BCUT2D eigenvalue weighted by atomic mass is 16.2. The van der Waals surface area contributed by atoms with Crippen LogP contribution in [0.15, 0.2) is 93.9 Å². The van der Waals surface area contributed by atoms with E-state index in [1.54, 1.807) is 0 Å². The molecule has 0 fully saturated rings. The highest BCUT2D eigenvalue weighted by Gasteiger charge is 2.30. The summed E-state index contributed by atoms with van der Waals surface area (Å²) in [6.07, 6.45) is 9.97. The third-order valence-corrected chi connectivity index (χ3v) is 12.9. The van der Waals surface area contributed by atoms with Gasteiger partial charge in [-0.15, -0.1) is 0 Å². The van der Waals surface area contributed by atoms with Crippen molar-refractivity contribution in [3.8, 4) is 22.3 Å². The van der Waals surface area contributed by atoms with Gasteiger partial charge >= 0.3 is 0 Å². The molecule has 0 saturated carbocycles. The summed E-state index contributed by atoms with van der Waals surface area (Å²) in [5.41, 5.74) is 18.1. The number of amides is 3. The number of nitrogens with one attached hydrogen (secondary N) is 1. The molecule has 0 aromatic heterocycles. The van der Waals surface area contributed by atoms with E-state index in [9.17, 15) is 19.2 Å². The number of nitrogens with zero attached hydrogens (tertiary/aromatic N) is 6. The van der Waals surface area contributed by atoms with E-state index in [4.69, 9.17) is 15.7 Å². The lowest BCUT2D eigenvalue weighted by Gasteiger charge is -2.23. The summed E-state index contributed by atoms with van der Waals surface area (Å²) in [5.74, 6) is 1.03. The maximum absolute atomic E-state index is 14.2. The third-order valence-electron chi connectivity index (χ3n) is 12.9. The van der Waals surface area contributed by atoms with E-state index in [2.05, 4.69) is 76.1 Å². The van der Waals surface area contributed by atoms with Crippen molar-refractivity contribution in [2.24, 2.45) is 15.7 Å². The Morgan fingerprint density at radius 3 is 1.97 bits per heavy atom. The molecule has 362 valence electrons. The average Bonchev–Trinajstić information content (AvgIpc) is 3.43. The lowest BCUT2D eigenvalue weighted by Crippen LogP contribution is -2.34. The monoisotopic (exact) mass is 931 g/mol. The van der Waals surface area contributed by atoms with Crippen molar-refractivity contribution in [1.29, 1.82) is 0 Å². The van der Waals surface area contributed by atoms with Gasteiger partial charge in [0.2, 0.25) is 11.8 Å². The van der Waals surface area contributed by atoms with Crippen LogP contribution in [-0.2, 0) is 22.7 Å². The molecule has 0 aliphatic carbocycles. The number of hydrogen-bond donors (Lipinski definition) is 2. The van der Waals surface area contributed by atoms with E-state index in [0.29, 0.717) is 98.3 Å². The molecule has 7 rings (SSSR count). The molecular weight excluding hydrogens is 861 g/mol. The quantitative estimate of drug-likeness (QED) is 0.0840. The van der Waals surface area contributed by atoms with Gasteiger partial charge in [0.05, 0.1) is 11.7 Å². The van der Waals surface area contributed by atoms with E-state index < -0.39 is 0 Å². The topological polar surface area (TPSA) is 144 Å². The van der Waals surface area contributed by atoms with Crippen molar-refractivity contribution in [3.05, 3.63) is 117 Å². The molecule has 0 radical (unpaired) electrons. The fourth-order valence-electron chi connectivity index (χ4n) is 9.75. The molecule has 0 spiro atoms. The standard InChI is InChI=1S/C57H70N8O4/c1-8-21-62(7)35-48-26-39(15-18-45(48)37-66)42-14-17-44-29-47(56(68)64(24-11-4)25-12-5)33-54(61-52(44)31-42)59-38(6)34-65-36-49-27-40(19-20-50(49)57(65)69)41-13-16-43-28-46(32-53(58)60-51(43)30-41)55(67)63(22-9-2)23-10-3/h13-20,26-31,37-38H,8-12,21-25,32-36H2,1-7H3,(H2,58,60)(H,59,61). The number of fused-ring (bicyclic) bond motifs is 3. The first kappa shape index (κ1) is 50.2. The number of anilines is 1. The van der Waals surface area contributed by atoms with E-state index in [1.165, 1.54) is 0 Å². The molecular formula is C57H70N8O4. The molecule has 3 N–H and O–H groups in total. The van der Waals surface area contributed by atoms with Crippen LogP contribution >= 0.6 is 0 Å². The summed E-state index contributed by atoms with van der Waals surface area (Å²) in [4.78, 5) is 71.6. The summed E-state index contributed by atoms with van der Waals surface area (Å²) in [5, 5.41) is 3.62. The van der Waals surface area contributed by atoms with Crippen LogP contribution in [0, 0.1) is 0 Å². The Morgan fingerprint density at radius 1 is 0.754 bits per heavy atom. The first-order valence-corrected chi connectivity index (χ1v) is 25.0. The smallest absolute Gasteiger partial charge is 0.254 e. The summed E-state index contributed by atoms with van der Waals surface area (Å²) in [7, 11) is 2.07. The lowest BCUT2D eigenvalue weighted by atomic mass is 9.97. The lowest BCUT2D eigenvalue weighted by molar-refractivity contribution is -0.128. The van der Waals surface area contributed by atoms with E-state index in [0.717, 1.165) is 95.1 Å². The van der Waals surface area contributed by atoms with Crippen LogP contribution < -0.4 is 11.1 Å². The zero-order valence-electron chi connectivity index (χ0n) is 41.7. The minimum Gasteiger partial charge on any atom is -0.387 e. The third kappa shape index (κ3) is 12.0. The molecule has 12 nitrogen and oxygen atoms in total. The number of nitrogens with two attached hydrogens (primary N) is 1. The van der Waals surface area contributed by atoms with E-state index >= 15 is 0 Å². The number of amidine groups is 2. The first-order chi connectivity index (χ1) is 33.4. The van der Waals surface area contributed by atoms with Gasteiger partial charge in [-0.2, -0.15) is 0 Å². The predicted molar refractivity (Wildman–Crippen MR) is 282 cm³/mol. The Kier molecular flexibility index (Phi) is 16.8. The molecule has 12 heteroatoms. The van der Waals surface area contributed by atoms with Gasteiger partial charge in [0.25, 0.3) is 5.91 Å². The van der Waals surface area contributed by atoms with Gasteiger partial charge < -0.3 is 30.7 Å². The molecule has 69 heavy (non-hydrogen) atoms. The van der Waals surface area contributed by atoms with Crippen molar-refractivity contribution in [2.75, 3.05) is 51.6 Å². The normalized spacial score (nSPS) is 15.2. The largest absolute Gasteiger partial charge is 0.387 e. The van der Waals surface area contributed by atoms with Gasteiger partial charge in [-0.3, -0.25) is 24.2 Å². The van der Waals surface area contributed by atoms with Crippen LogP contribution in [0.4, 0.5) is 11.4 Å². The molecule has 4 aromatic rings. The molecule has 0 bridgehead atoms. The van der Waals surface area contributed by atoms with Crippen molar-refractivity contribution in [1.82, 2.24) is 19.6 Å². The molecule has 3 heterocycles. The zero-order valence-corrected chi connectivity index (χ0v) is 41.7. The van der Waals surface area contributed by atoms with Crippen molar-refractivity contribution in [2.45, 2.75) is 106 Å². The second-order valence-electron chi connectivity index (χ2n) is 18.8. The minimum atomic E-state index is -0.291. The molecule has 3 aliphatic rings. The fourth-order valence-corrected chi connectivity index (χ4v) is 9.75. The molecule has 4 aromatic carbocycles. The molecule has 3 aliphatic heterocycles. The maximum atomic E-state index is 14.2. The van der Waals surface area contributed by atoms with Crippen LogP contribution in [0.5, 0.6) is 0 Å². The summed E-state index contributed by atoms with van der Waals surface area (Å²) >= 11 is 0. The molecule has 1 unspecified atom stereocenters. The van der Waals surface area contributed by atoms with Gasteiger partial charge in [-0.05, 0) is 134 Å². The van der Waals surface area contributed by atoms with Gasteiger partial charge in [0, 0.05) is 92.2 Å². The second-order valence-corrected chi connectivity index (χ2v) is 18.8.